The molecule has 0 bridgehead atoms. The molecule has 0 saturated heterocycles. The summed E-state index contributed by atoms with van der Waals surface area (Å²) in [4.78, 5) is 30.1. The zero-order chi connectivity index (χ0) is 21.8. The summed E-state index contributed by atoms with van der Waals surface area (Å²) in [6, 6.07) is 0. The van der Waals surface area contributed by atoms with Crippen LogP contribution in [0.5, 0.6) is 0 Å². The van der Waals surface area contributed by atoms with Gasteiger partial charge in [-0.2, -0.15) is 37.9 Å². The summed E-state index contributed by atoms with van der Waals surface area (Å²) in [5.41, 5.74) is 0. The fourth-order valence-corrected chi connectivity index (χ4v) is 2.09. The van der Waals surface area contributed by atoms with E-state index in [0.717, 1.165) is 38.5 Å². The predicted octanol–water partition coefficient (Wildman–Crippen LogP) is 0.294. The normalized spacial score (nSPS) is 12.6. The van der Waals surface area contributed by atoms with Crippen molar-refractivity contribution in [2.24, 2.45) is 0 Å². The van der Waals surface area contributed by atoms with Crippen LogP contribution in [0.25, 0.3) is 0 Å². The summed E-state index contributed by atoms with van der Waals surface area (Å²) < 4.78 is 0. The van der Waals surface area contributed by atoms with Gasteiger partial charge >= 0.3 is 24.4 Å². The summed E-state index contributed by atoms with van der Waals surface area (Å²) >= 11 is 11.4. The monoisotopic (exact) mass is 562 g/mol. The van der Waals surface area contributed by atoms with E-state index in [-0.39, 0.29) is 24.4 Å². The molecule has 0 heterocycles. The Hall–Kier alpha value is 0.278. The summed E-state index contributed by atoms with van der Waals surface area (Å²) in [5.74, 6) is -3.19. The molecule has 0 N–H and O–H groups in total. The number of carboxylic acids is 3. The van der Waals surface area contributed by atoms with E-state index in [4.69, 9.17) is 0 Å². The molecule has 0 aromatic rings. The maximum atomic E-state index is 10.0. The average Bonchev–Trinajstić information content (AvgIpc) is 2.62. The van der Waals surface area contributed by atoms with Gasteiger partial charge in [0.05, 0.1) is 17.9 Å². The Balaban J connectivity index is -0.000000152. The molecule has 164 valence electrons. The standard InChI is InChI=1S/3C6H12O2S.Sb/c3*1-2-3-4-5(9)6(7)8;/h3*5,9H,2-4H2,1H3,(H,7,8);/q;;;+3/p-3. The molecule has 0 aliphatic carbocycles. The molecular formula is C18H33O6S3Sb. The van der Waals surface area contributed by atoms with Gasteiger partial charge < -0.3 is 29.7 Å². The summed E-state index contributed by atoms with van der Waals surface area (Å²) in [6.07, 6.45) is 7.57. The first-order chi connectivity index (χ1) is 12.5. The molecule has 0 rings (SSSR count). The third kappa shape index (κ3) is 28.5. The van der Waals surface area contributed by atoms with E-state index in [0.29, 0.717) is 19.3 Å². The van der Waals surface area contributed by atoms with E-state index in [1.54, 1.807) is 0 Å². The second kappa shape index (κ2) is 25.3. The van der Waals surface area contributed by atoms with Crippen molar-refractivity contribution < 1.29 is 29.7 Å². The molecule has 0 aliphatic rings. The third-order valence-electron chi connectivity index (χ3n) is 3.31. The number of carbonyl (C=O) groups excluding carboxylic acids is 3. The minimum atomic E-state index is -1.06. The van der Waals surface area contributed by atoms with Gasteiger partial charge in [-0.1, -0.05) is 59.3 Å². The molecule has 6 nitrogen and oxygen atoms in total. The number of carboxylic acid groups (broad SMARTS) is 3. The molecule has 2 radical (unpaired) electrons. The van der Waals surface area contributed by atoms with E-state index in [2.05, 4.69) is 37.9 Å². The van der Waals surface area contributed by atoms with Gasteiger partial charge in [0.25, 0.3) is 0 Å². The van der Waals surface area contributed by atoms with Gasteiger partial charge in [0.2, 0.25) is 0 Å². The number of rotatable bonds is 12. The number of unbranched alkanes of at least 4 members (excludes halogenated alkanes) is 3. The van der Waals surface area contributed by atoms with Crippen molar-refractivity contribution in [2.45, 2.75) is 94.3 Å². The van der Waals surface area contributed by atoms with Crippen LogP contribution in [0.15, 0.2) is 0 Å². The first-order valence-electron chi connectivity index (χ1n) is 9.21. The van der Waals surface area contributed by atoms with E-state index in [1.165, 1.54) is 0 Å². The van der Waals surface area contributed by atoms with Gasteiger partial charge in [0.1, 0.15) is 0 Å². The van der Waals surface area contributed by atoms with E-state index in [9.17, 15) is 29.7 Å². The van der Waals surface area contributed by atoms with Crippen LogP contribution in [0, 0.1) is 0 Å². The summed E-state index contributed by atoms with van der Waals surface area (Å²) in [5, 5.41) is 28.3. The fourth-order valence-electron chi connectivity index (χ4n) is 1.55. The van der Waals surface area contributed by atoms with Gasteiger partial charge in [-0.25, -0.2) is 0 Å². The molecule has 0 fully saturated rings. The van der Waals surface area contributed by atoms with Crippen molar-refractivity contribution in [3.63, 3.8) is 0 Å². The minimum absolute atomic E-state index is 0. The van der Waals surface area contributed by atoms with Gasteiger partial charge in [0.15, 0.2) is 0 Å². The number of hydrogen-bond donors (Lipinski definition) is 3. The molecule has 0 aromatic heterocycles. The number of hydrogen-bond acceptors (Lipinski definition) is 9. The topological polar surface area (TPSA) is 120 Å². The van der Waals surface area contributed by atoms with Gasteiger partial charge in [-0.3, -0.25) is 0 Å². The second-order valence-electron chi connectivity index (χ2n) is 5.93. The van der Waals surface area contributed by atoms with Crippen LogP contribution in [0.3, 0.4) is 0 Å². The molecular weight excluding hydrogens is 530 g/mol. The van der Waals surface area contributed by atoms with Crippen LogP contribution in [0.4, 0.5) is 0 Å². The molecule has 0 spiro atoms. The van der Waals surface area contributed by atoms with Gasteiger partial charge in [-0.15, -0.1) is 0 Å². The third-order valence-corrected chi connectivity index (χ3v) is 4.72. The smallest absolute Gasteiger partial charge is 0.549 e. The fraction of sp³-hybridized carbons (Fsp3) is 0.833. The molecule has 3 atom stereocenters. The zero-order valence-corrected chi connectivity index (χ0v) is 22.1. The van der Waals surface area contributed by atoms with Crippen LogP contribution >= 0.6 is 37.9 Å². The molecule has 0 aliphatic heterocycles. The van der Waals surface area contributed by atoms with E-state index in [1.807, 2.05) is 20.8 Å². The Morgan fingerprint density at radius 3 is 0.893 bits per heavy atom. The molecule has 0 amide bonds. The zero-order valence-electron chi connectivity index (χ0n) is 16.8. The Labute approximate surface area is 203 Å². The largest absolute Gasteiger partial charge is 3.00 e. The summed E-state index contributed by atoms with van der Waals surface area (Å²) in [7, 11) is 0. The van der Waals surface area contributed by atoms with Crippen molar-refractivity contribution in [1.82, 2.24) is 0 Å². The van der Waals surface area contributed by atoms with Crippen molar-refractivity contribution in [3.8, 4) is 0 Å². The SMILES string of the molecule is CCCCC(S)C(=O)[O-].CCCCC(S)C(=O)[O-].CCCCC(S)C(=O)[O-].[Sb+3]. The molecule has 28 heavy (non-hydrogen) atoms. The van der Waals surface area contributed by atoms with Crippen molar-refractivity contribution in [3.05, 3.63) is 0 Å². The van der Waals surface area contributed by atoms with E-state index < -0.39 is 33.7 Å². The van der Waals surface area contributed by atoms with Crippen LogP contribution in [-0.2, 0) is 14.4 Å². The van der Waals surface area contributed by atoms with Gasteiger partial charge in [-0.05, 0) is 19.3 Å². The molecule has 10 heteroatoms. The molecule has 3 unspecified atom stereocenters. The predicted molar refractivity (Wildman–Crippen MR) is 118 cm³/mol. The van der Waals surface area contributed by atoms with Crippen molar-refractivity contribution in [2.75, 3.05) is 0 Å². The Morgan fingerprint density at radius 1 is 0.607 bits per heavy atom. The number of thiol groups is 3. The van der Waals surface area contributed by atoms with Crippen molar-refractivity contribution >= 4 is 80.2 Å². The maximum Gasteiger partial charge on any atom is 3.00 e. The Bertz CT molecular complexity index is 342. The minimum Gasteiger partial charge on any atom is -0.549 e. The summed E-state index contributed by atoms with van der Waals surface area (Å²) in [6.45, 7) is 6.03. The van der Waals surface area contributed by atoms with Crippen molar-refractivity contribution in [1.29, 1.82) is 0 Å². The number of aliphatic carboxylic acids is 3. The molecule has 0 aromatic carbocycles. The Morgan fingerprint density at radius 2 is 0.786 bits per heavy atom. The maximum absolute atomic E-state index is 10.0. The van der Waals surface area contributed by atoms with Gasteiger partial charge in [0, 0.05) is 15.7 Å². The number of carbonyl (C=O) groups is 3. The first kappa shape index (κ1) is 35.7. The van der Waals surface area contributed by atoms with Crippen LogP contribution < -0.4 is 15.3 Å². The van der Waals surface area contributed by atoms with Crippen LogP contribution in [0.2, 0.25) is 0 Å². The average molecular weight is 563 g/mol. The second-order valence-corrected chi connectivity index (χ2v) is 7.80. The molecule has 0 saturated carbocycles. The Kier molecular flexibility index (Phi) is 32.3. The van der Waals surface area contributed by atoms with Crippen LogP contribution in [-0.4, -0.2) is 58.1 Å². The van der Waals surface area contributed by atoms with E-state index >= 15 is 0 Å². The quantitative estimate of drug-likeness (QED) is 0.232. The van der Waals surface area contributed by atoms with Crippen LogP contribution in [0.1, 0.15) is 78.6 Å². The first-order valence-corrected chi connectivity index (χ1v) is 10.8.